The van der Waals surface area contributed by atoms with E-state index >= 15 is 0 Å². The van der Waals surface area contributed by atoms with Crippen LogP contribution in [0.3, 0.4) is 0 Å². The second-order valence-corrected chi connectivity index (χ2v) is 5.52. The molecule has 0 radical (unpaired) electrons. The summed E-state index contributed by atoms with van der Waals surface area (Å²) in [5.74, 6) is 0. The molecule has 0 saturated carbocycles. The molecule has 0 heterocycles. The van der Waals surface area contributed by atoms with E-state index in [1.165, 1.54) is 37.7 Å². The van der Waals surface area contributed by atoms with Gasteiger partial charge in [0, 0.05) is 0 Å². The second-order valence-electron chi connectivity index (χ2n) is 2.84. The molecule has 0 atom stereocenters. The van der Waals surface area contributed by atoms with Crippen molar-refractivity contribution in [3.8, 4) is 0 Å². The minimum atomic E-state index is 0.125. The first-order chi connectivity index (χ1) is 5.85. The van der Waals surface area contributed by atoms with E-state index in [0.717, 1.165) is 0 Å². The summed E-state index contributed by atoms with van der Waals surface area (Å²) in [4.78, 5) is 0. The third kappa shape index (κ3) is 10.9. The van der Waals surface area contributed by atoms with E-state index in [4.69, 9.17) is 3.57 Å². The van der Waals surface area contributed by atoms with Crippen molar-refractivity contribution in [3.63, 3.8) is 0 Å². The average molecular weight is 242 g/mol. The van der Waals surface area contributed by atoms with Gasteiger partial charge < -0.3 is 0 Å². The third-order valence-electron chi connectivity index (χ3n) is 1.62. The van der Waals surface area contributed by atoms with Gasteiger partial charge in [0.05, 0.1) is 0 Å². The van der Waals surface area contributed by atoms with Crippen LogP contribution >= 0.6 is 7.92 Å². The molecule has 0 unspecified atom stereocenters. The fourth-order valence-electron chi connectivity index (χ4n) is 1.28. The fraction of sp³-hybridized carbons (Fsp3) is 1.00. The molecule has 0 aromatic carbocycles. The predicted molar refractivity (Wildman–Crippen MR) is 53.1 cm³/mol. The Balaban J connectivity index is 0. The van der Waals surface area contributed by atoms with Crippen molar-refractivity contribution in [1.29, 1.82) is 0 Å². The van der Waals surface area contributed by atoms with E-state index in [2.05, 4.69) is 20.8 Å². The molecule has 0 aliphatic heterocycles. The van der Waals surface area contributed by atoms with Gasteiger partial charge >= 0.3 is 21.8 Å². The van der Waals surface area contributed by atoms with Crippen LogP contribution in [-0.2, 0) is 21.8 Å². The molecule has 0 aliphatic rings. The molecule has 0 rings (SSSR count). The van der Waals surface area contributed by atoms with Gasteiger partial charge in [-0.3, -0.25) is 0 Å². The molecular weight excluding hydrogens is 220 g/mol. The van der Waals surface area contributed by atoms with Crippen LogP contribution in [0.5, 0.6) is 0 Å². The van der Waals surface area contributed by atoms with Gasteiger partial charge in [-0.1, -0.05) is 40.0 Å². The van der Waals surface area contributed by atoms with Gasteiger partial charge in [-0.25, -0.2) is 0 Å². The van der Waals surface area contributed by atoms with Crippen LogP contribution in [0, 0.1) is 0 Å². The van der Waals surface area contributed by atoms with Crippen molar-refractivity contribution in [2.24, 2.45) is 0 Å². The molecule has 70 valence electrons. The molecule has 12 heavy (non-hydrogen) atoms. The molecule has 0 bridgehead atoms. The standard InChI is InChI=1S/C9H21P.O.Zn/c1-4-7-10(8-5-2)9-6-3;;/h4-9H2,1-3H3;;. The number of hydrogen-bond acceptors (Lipinski definition) is 1. The maximum absolute atomic E-state index is 8.38. The van der Waals surface area contributed by atoms with Gasteiger partial charge in [-0.15, -0.1) is 7.92 Å². The Labute approximate surface area is 88.4 Å². The zero-order valence-electron chi connectivity index (χ0n) is 8.81. The predicted octanol–water partition coefficient (Wildman–Crippen LogP) is 3.58. The minimum absolute atomic E-state index is 0.125. The number of rotatable bonds is 6. The van der Waals surface area contributed by atoms with Crippen LogP contribution < -0.4 is 0 Å². The zero-order valence-corrected chi connectivity index (χ0v) is 12.7. The molecule has 0 N–H and O–H groups in total. The first kappa shape index (κ1) is 15.3. The van der Waals surface area contributed by atoms with Gasteiger partial charge in [0.25, 0.3) is 0 Å². The molecule has 0 spiro atoms. The summed E-state index contributed by atoms with van der Waals surface area (Å²) in [6.07, 6.45) is 8.72. The van der Waals surface area contributed by atoms with E-state index in [-0.39, 0.29) is 18.3 Å². The van der Waals surface area contributed by atoms with Crippen LogP contribution in [0.2, 0.25) is 0 Å². The van der Waals surface area contributed by atoms with Gasteiger partial charge in [0.15, 0.2) is 0 Å². The topological polar surface area (TPSA) is 17.1 Å². The quantitative estimate of drug-likeness (QED) is 0.513. The Morgan fingerprint density at radius 2 is 1.08 bits per heavy atom. The Morgan fingerprint density at radius 1 is 0.833 bits per heavy atom. The summed E-state index contributed by atoms with van der Waals surface area (Å²) >= 11 is 0.125. The Morgan fingerprint density at radius 3 is 1.25 bits per heavy atom. The first-order valence-corrected chi connectivity index (χ1v) is 7.97. The molecular formula is C9H21OPZn. The van der Waals surface area contributed by atoms with E-state index < -0.39 is 0 Å². The van der Waals surface area contributed by atoms with Crippen molar-refractivity contribution in [3.05, 3.63) is 0 Å². The van der Waals surface area contributed by atoms with Gasteiger partial charge in [0.1, 0.15) is 0 Å². The summed E-state index contributed by atoms with van der Waals surface area (Å²) in [5, 5.41) is 0. The third-order valence-corrected chi connectivity index (χ3v) is 4.86. The van der Waals surface area contributed by atoms with Crippen LogP contribution in [0.4, 0.5) is 0 Å². The van der Waals surface area contributed by atoms with Crippen molar-refractivity contribution < 1.29 is 21.8 Å². The normalized spacial score (nSPS) is 9.50. The van der Waals surface area contributed by atoms with Crippen LogP contribution in [-0.4, -0.2) is 18.5 Å². The van der Waals surface area contributed by atoms with E-state index in [1.807, 2.05) is 0 Å². The Hall–Kier alpha value is 0.853. The first-order valence-electron chi connectivity index (χ1n) is 4.86. The van der Waals surface area contributed by atoms with Crippen molar-refractivity contribution in [2.75, 3.05) is 18.5 Å². The zero-order chi connectivity index (χ0) is 9.82. The SMILES string of the molecule is CCCP(CCC)CCC.[O]=[Zn]. The maximum atomic E-state index is 8.38. The fourth-order valence-corrected chi connectivity index (χ4v) is 3.85. The van der Waals surface area contributed by atoms with Crippen LogP contribution in [0.15, 0.2) is 0 Å². The van der Waals surface area contributed by atoms with Crippen molar-refractivity contribution in [2.45, 2.75) is 40.0 Å². The van der Waals surface area contributed by atoms with Crippen molar-refractivity contribution in [1.82, 2.24) is 0 Å². The summed E-state index contributed by atoms with van der Waals surface area (Å²) in [7, 11) is 0.439. The molecule has 0 aromatic heterocycles. The molecule has 0 saturated heterocycles. The Kier molecular flexibility index (Phi) is 18.4. The Bertz CT molecular complexity index is 66.7. The van der Waals surface area contributed by atoms with E-state index in [0.29, 0.717) is 7.92 Å². The summed E-state index contributed by atoms with van der Waals surface area (Å²) < 4.78 is 8.38. The van der Waals surface area contributed by atoms with E-state index in [1.54, 1.807) is 0 Å². The van der Waals surface area contributed by atoms with E-state index in [9.17, 15) is 0 Å². The van der Waals surface area contributed by atoms with Crippen LogP contribution in [0.25, 0.3) is 0 Å². The van der Waals surface area contributed by atoms with Gasteiger partial charge in [-0.2, -0.15) is 0 Å². The van der Waals surface area contributed by atoms with Crippen molar-refractivity contribution >= 4 is 7.92 Å². The summed E-state index contributed by atoms with van der Waals surface area (Å²) in [5.41, 5.74) is 0. The molecule has 0 amide bonds. The second kappa shape index (κ2) is 14.4. The average Bonchev–Trinajstić information content (AvgIpc) is 2.10. The molecule has 1 nitrogen and oxygen atoms in total. The van der Waals surface area contributed by atoms with Gasteiger partial charge in [-0.05, 0) is 18.5 Å². The molecule has 3 heteroatoms. The van der Waals surface area contributed by atoms with Crippen LogP contribution in [0.1, 0.15) is 40.0 Å². The molecule has 0 aromatic rings. The summed E-state index contributed by atoms with van der Waals surface area (Å²) in [6.45, 7) is 6.92. The molecule has 0 fully saturated rings. The summed E-state index contributed by atoms with van der Waals surface area (Å²) in [6, 6.07) is 0. The van der Waals surface area contributed by atoms with Gasteiger partial charge in [0.2, 0.25) is 0 Å². The molecule has 0 aliphatic carbocycles. The monoisotopic (exact) mass is 240 g/mol. The number of hydrogen-bond donors (Lipinski definition) is 0.